The number of amides is 1. The Morgan fingerprint density at radius 2 is 2.29 bits per heavy atom. The van der Waals surface area contributed by atoms with Crippen LogP contribution in [-0.4, -0.2) is 33.5 Å². The molecule has 0 radical (unpaired) electrons. The Bertz CT molecular complexity index is 414. The number of halogens is 1. The van der Waals surface area contributed by atoms with Crippen LogP contribution in [0.5, 0.6) is 0 Å². The normalized spacial score (nSPS) is 9.94. The molecule has 0 atom stereocenters. The van der Waals surface area contributed by atoms with Gasteiger partial charge in [-0.25, -0.2) is 4.98 Å². The summed E-state index contributed by atoms with van der Waals surface area (Å²) in [5.41, 5.74) is 0.456. The minimum atomic E-state index is -0.867. The summed E-state index contributed by atoms with van der Waals surface area (Å²) in [5.74, 6) is -0.495. The summed E-state index contributed by atoms with van der Waals surface area (Å²) in [7, 11) is 0. The molecule has 0 unspecified atom stereocenters. The van der Waals surface area contributed by atoms with E-state index in [1.165, 1.54) is 18.0 Å². The Hall–Kier alpha value is -1.27. The molecule has 0 bridgehead atoms. The number of nitrogens with zero attached hydrogens (tertiary/aromatic N) is 1. The molecule has 1 aromatic heterocycles. The lowest BCUT2D eigenvalue weighted by atomic mass is 10.4. The van der Waals surface area contributed by atoms with E-state index in [4.69, 9.17) is 16.7 Å². The molecule has 2 N–H and O–H groups in total. The SMILES string of the molecule is O=C(O)CCSCC(=O)Nc1cccnc1Cl. The summed E-state index contributed by atoms with van der Waals surface area (Å²) < 4.78 is 0. The zero-order chi connectivity index (χ0) is 12.7. The molecule has 0 aliphatic heterocycles. The number of carbonyl (C=O) groups is 2. The van der Waals surface area contributed by atoms with Crippen molar-refractivity contribution in [3.63, 3.8) is 0 Å². The Balaban J connectivity index is 2.30. The van der Waals surface area contributed by atoms with Crippen LogP contribution >= 0.6 is 23.4 Å². The third-order valence-corrected chi connectivity index (χ3v) is 2.99. The van der Waals surface area contributed by atoms with Crippen LogP contribution in [0, 0.1) is 0 Å². The molecule has 17 heavy (non-hydrogen) atoms. The van der Waals surface area contributed by atoms with Gasteiger partial charge in [0.05, 0.1) is 17.9 Å². The monoisotopic (exact) mass is 274 g/mol. The van der Waals surface area contributed by atoms with Crippen molar-refractivity contribution in [3.05, 3.63) is 23.5 Å². The standard InChI is InChI=1S/C10H11ClN2O3S/c11-10-7(2-1-4-12-10)13-8(14)6-17-5-3-9(15)16/h1-2,4H,3,5-6H2,(H,13,14)(H,15,16). The summed E-state index contributed by atoms with van der Waals surface area (Å²) in [6.07, 6.45) is 1.57. The number of aliphatic carboxylic acids is 1. The fourth-order valence-corrected chi connectivity index (χ4v) is 1.88. The first-order valence-electron chi connectivity index (χ1n) is 4.79. The van der Waals surface area contributed by atoms with Crippen LogP contribution in [0.15, 0.2) is 18.3 Å². The van der Waals surface area contributed by atoms with E-state index in [1.54, 1.807) is 12.1 Å². The Kier molecular flexibility index (Phi) is 5.79. The van der Waals surface area contributed by atoms with Crippen LogP contribution in [0.25, 0.3) is 0 Å². The molecule has 0 saturated carbocycles. The summed E-state index contributed by atoms with van der Waals surface area (Å²) >= 11 is 7.02. The van der Waals surface area contributed by atoms with E-state index in [0.717, 1.165) is 0 Å². The van der Waals surface area contributed by atoms with Crippen LogP contribution < -0.4 is 5.32 Å². The predicted molar refractivity (Wildman–Crippen MR) is 67.5 cm³/mol. The molecule has 1 amide bonds. The number of carbonyl (C=O) groups excluding carboxylic acids is 1. The number of thioether (sulfide) groups is 1. The molecule has 0 aromatic carbocycles. The van der Waals surface area contributed by atoms with Crippen molar-refractivity contribution < 1.29 is 14.7 Å². The molecule has 1 heterocycles. The van der Waals surface area contributed by atoms with Gasteiger partial charge in [-0.05, 0) is 12.1 Å². The van der Waals surface area contributed by atoms with Crippen LogP contribution in [0.4, 0.5) is 5.69 Å². The maximum Gasteiger partial charge on any atom is 0.304 e. The summed E-state index contributed by atoms with van der Waals surface area (Å²) in [6.45, 7) is 0. The topological polar surface area (TPSA) is 79.3 Å². The molecule has 5 nitrogen and oxygen atoms in total. The fraction of sp³-hybridized carbons (Fsp3) is 0.300. The van der Waals surface area contributed by atoms with Gasteiger partial charge in [-0.15, -0.1) is 0 Å². The van der Waals surface area contributed by atoms with E-state index in [-0.39, 0.29) is 23.2 Å². The summed E-state index contributed by atoms with van der Waals surface area (Å²) in [5, 5.41) is 11.2. The number of pyridine rings is 1. The van der Waals surface area contributed by atoms with Crippen LogP contribution in [-0.2, 0) is 9.59 Å². The molecule has 0 fully saturated rings. The molecule has 1 rings (SSSR count). The van der Waals surface area contributed by atoms with Crippen molar-refractivity contribution >= 4 is 40.9 Å². The summed E-state index contributed by atoms with van der Waals surface area (Å²) in [6, 6.07) is 3.31. The van der Waals surface area contributed by atoms with Gasteiger partial charge >= 0.3 is 5.97 Å². The van der Waals surface area contributed by atoms with Gasteiger partial charge in [-0.3, -0.25) is 9.59 Å². The van der Waals surface area contributed by atoms with Crippen LogP contribution in [0.3, 0.4) is 0 Å². The second kappa shape index (κ2) is 7.13. The van der Waals surface area contributed by atoms with Crippen molar-refractivity contribution in [2.24, 2.45) is 0 Å². The lowest BCUT2D eigenvalue weighted by Gasteiger charge is -2.05. The summed E-state index contributed by atoms with van der Waals surface area (Å²) in [4.78, 5) is 25.5. The Morgan fingerprint density at radius 3 is 2.94 bits per heavy atom. The first-order chi connectivity index (χ1) is 8.09. The van der Waals surface area contributed by atoms with Crippen molar-refractivity contribution in [1.82, 2.24) is 4.98 Å². The van der Waals surface area contributed by atoms with Gasteiger partial charge < -0.3 is 10.4 Å². The van der Waals surface area contributed by atoms with E-state index < -0.39 is 5.97 Å². The number of nitrogens with one attached hydrogen (secondary N) is 1. The second-order valence-corrected chi connectivity index (χ2v) is 4.55. The van der Waals surface area contributed by atoms with Gasteiger partial charge in [-0.2, -0.15) is 11.8 Å². The highest BCUT2D eigenvalue weighted by molar-refractivity contribution is 7.99. The minimum Gasteiger partial charge on any atom is -0.481 e. The van der Waals surface area contributed by atoms with Crippen LogP contribution in [0.1, 0.15) is 6.42 Å². The number of aromatic nitrogens is 1. The highest BCUT2D eigenvalue weighted by atomic mass is 35.5. The van der Waals surface area contributed by atoms with E-state index in [0.29, 0.717) is 11.4 Å². The number of rotatable bonds is 6. The average Bonchev–Trinajstić information content (AvgIpc) is 2.27. The van der Waals surface area contributed by atoms with E-state index in [9.17, 15) is 9.59 Å². The first-order valence-corrected chi connectivity index (χ1v) is 6.33. The van der Waals surface area contributed by atoms with Crippen molar-refractivity contribution in [2.45, 2.75) is 6.42 Å². The lowest BCUT2D eigenvalue weighted by molar-refractivity contribution is -0.136. The Labute approximate surface area is 108 Å². The first kappa shape index (κ1) is 13.8. The third kappa shape index (κ3) is 5.55. The lowest BCUT2D eigenvalue weighted by Crippen LogP contribution is -2.15. The average molecular weight is 275 g/mol. The third-order valence-electron chi connectivity index (χ3n) is 1.73. The molecule has 0 aliphatic carbocycles. The Morgan fingerprint density at radius 1 is 1.53 bits per heavy atom. The maximum absolute atomic E-state index is 11.4. The van der Waals surface area contributed by atoms with Crippen LogP contribution in [0.2, 0.25) is 5.15 Å². The van der Waals surface area contributed by atoms with Gasteiger partial charge in [0.1, 0.15) is 0 Å². The second-order valence-electron chi connectivity index (χ2n) is 3.09. The maximum atomic E-state index is 11.4. The molecule has 1 aromatic rings. The largest absolute Gasteiger partial charge is 0.481 e. The van der Waals surface area contributed by atoms with Crippen molar-refractivity contribution in [2.75, 3.05) is 16.8 Å². The molecular weight excluding hydrogens is 264 g/mol. The van der Waals surface area contributed by atoms with Gasteiger partial charge in [-0.1, -0.05) is 11.6 Å². The van der Waals surface area contributed by atoms with E-state index in [1.807, 2.05) is 0 Å². The molecule has 0 saturated heterocycles. The fourth-order valence-electron chi connectivity index (χ4n) is 0.990. The minimum absolute atomic E-state index is 0.0472. The van der Waals surface area contributed by atoms with Crippen molar-refractivity contribution in [3.8, 4) is 0 Å². The number of anilines is 1. The van der Waals surface area contributed by atoms with E-state index in [2.05, 4.69) is 10.3 Å². The number of hydrogen-bond acceptors (Lipinski definition) is 4. The van der Waals surface area contributed by atoms with Gasteiger partial charge in [0.2, 0.25) is 5.91 Å². The highest BCUT2D eigenvalue weighted by Gasteiger charge is 2.06. The molecular formula is C10H11ClN2O3S. The zero-order valence-corrected chi connectivity index (χ0v) is 10.4. The quantitative estimate of drug-likeness (QED) is 0.612. The predicted octanol–water partition coefficient (Wildman–Crippen LogP) is 1.88. The number of hydrogen-bond donors (Lipinski definition) is 2. The van der Waals surface area contributed by atoms with Crippen molar-refractivity contribution in [1.29, 1.82) is 0 Å². The van der Waals surface area contributed by atoms with Gasteiger partial charge in [0, 0.05) is 11.9 Å². The number of carboxylic acid groups (broad SMARTS) is 1. The molecule has 92 valence electrons. The molecule has 0 spiro atoms. The number of carboxylic acids is 1. The smallest absolute Gasteiger partial charge is 0.304 e. The van der Waals surface area contributed by atoms with Gasteiger partial charge in [0.15, 0.2) is 5.15 Å². The highest BCUT2D eigenvalue weighted by Crippen LogP contribution is 2.17. The molecule has 7 heteroatoms. The van der Waals surface area contributed by atoms with E-state index >= 15 is 0 Å². The van der Waals surface area contributed by atoms with Gasteiger partial charge in [0.25, 0.3) is 0 Å². The zero-order valence-electron chi connectivity index (χ0n) is 8.85. The molecule has 0 aliphatic rings.